The van der Waals surface area contributed by atoms with Crippen molar-refractivity contribution in [2.24, 2.45) is 5.10 Å². The predicted octanol–water partition coefficient (Wildman–Crippen LogP) is 2.63. The molecule has 1 aliphatic rings. The summed E-state index contributed by atoms with van der Waals surface area (Å²) in [5, 5.41) is 14.4. The number of aryl methyl sites for hydroxylation is 1. The van der Waals surface area contributed by atoms with Crippen LogP contribution >= 0.6 is 0 Å². The van der Waals surface area contributed by atoms with Crippen LogP contribution in [-0.2, 0) is 0 Å². The van der Waals surface area contributed by atoms with Crippen molar-refractivity contribution in [2.75, 3.05) is 13.7 Å². The van der Waals surface area contributed by atoms with E-state index in [1.807, 2.05) is 37.3 Å². The summed E-state index contributed by atoms with van der Waals surface area (Å²) in [5.41, 5.74) is 5.36. The number of phenolic OH excluding ortho intramolecular Hbond substituents is 1. The Kier molecular flexibility index (Phi) is 4.02. The van der Waals surface area contributed by atoms with Gasteiger partial charge in [0.15, 0.2) is 11.5 Å². The zero-order chi connectivity index (χ0) is 16.4. The molecule has 5 nitrogen and oxygen atoms in total. The molecular formula is C18H18N2O3. The maximum Gasteiger partial charge on any atom is 0.213 e. The Labute approximate surface area is 134 Å². The van der Waals surface area contributed by atoms with Gasteiger partial charge in [-0.1, -0.05) is 30.3 Å². The fourth-order valence-corrected chi connectivity index (χ4v) is 2.78. The lowest BCUT2D eigenvalue weighted by molar-refractivity contribution is 0.106. The second-order valence-corrected chi connectivity index (χ2v) is 5.52. The van der Waals surface area contributed by atoms with E-state index in [9.17, 15) is 9.90 Å². The molecular weight excluding hydrogens is 292 g/mol. The van der Waals surface area contributed by atoms with Gasteiger partial charge < -0.3 is 15.3 Å². The smallest absolute Gasteiger partial charge is 0.213 e. The number of hydrogen-bond acceptors (Lipinski definition) is 5. The molecule has 1 heterocycles. The molecule has 1 atom stereocenters. The summed E-state index contributed by atoms with van der Waals surface area (Å²) in [4.78, 5) is 12.9. The summed E-state index contributed by atoms with van der Waals surface area (Å²) in [6.07, 6.45) is 0. The second kappa shape index (κ2) is 6.12. The molecule has 2 aromatic rings. The standard InChI is InChI=1S/C18H18N2O3/c1-11-8-13(17(21)15(9-11)23-2)18(22)16-14(10-19-20-16)12-6-4-3-5-7-12/h3-9,14,19,21H,10H2,1-2H3. The van der Waals surface area contributed by atoms with Crippen LogP contribution in [0.5, 0.6) is 11.5 Å². The fraction of sp³-hybridized carbons (Fsp3) is 0.222. The quantitative estimate of drug-likeness (QED) is 0.852. The maximum atomic E-state index is 12.9. The van der Waals surface area contributed by atoms with Crippen LogP contribution in [0.4, 0.5) is 0 Å². The second-order valence-electron chi connectivity index (χ2n) is 5.52. The highest BCUT2D eigenvalue weighted by molar-refractivity contribution is 6.48. The van der Waals surface area contributed by atoms with Gasteiger partial charge in [-0.05, 0) is 30.2 Å². The van der Waals surface area contributed by atoms with E-state index in [2.05, 4.69) is 10.5 Å². The molecule has 2 aromatic carbocycles. The van der Waals surface area contributed by atoms with Crippen LogP contribution < -0.4 is 10.2 Å². The molecule has 1 aliphatic heterocycles. The van der Waals surface area contributed by atoms with Crippen molar-refractivity contribution in [2.45, 2.75) is 12.8 Å². The van der Waals surface area contributed by atoms with Crippen LogP contribution in [0.25, 0.3) is 0 Å². The number of hydrogen-bond donors (Lipinski definition) is 2. The molecule has 0 fully saturated rings. The molecule has 0 bridgehead atoms. The van der Waals surface area contributed by atoms with Crippen molar-refractivity contribution >= 4 is 11.5 Å². The van der Waals surface area contributed by atoms with Gasteiger partial charge in [0.05, 0.1) is 18.6 Å². The first-order valence-electron chi connectivity index (χ1n) is 7.39. The zero-order valence-electron chi connectivity index (χ0n) is 13.0. The summed E-state index contributed by atoms with van der Waals surface area (Å²) in [7, 11) is 1.46. The van der Waals surface area contributed by atoms with E-state index in [0.29, 0.717) is 12.3 Å². The van der Waals surface area contributed by atoms with E-state index < -0.39 is 0 Å². The van der Waals surface area contributed by atoms with Gasteiger partial charge in [0.1, 0.15) is 5.71 Å². The van der Waals surface area contributed by atoms with Gasteiger partial charge in [0.25, 0.3) is 0 Å². The largest absolute Gasteiger partial charge is 0.504 e. The lowest BCUT2D eigenvalue weighted by atomic mass is 9.89. The Morgan fingerprint density at radius 3 is 2.74 bits per heavy atom. The Bertz CT molecular complexity index is 769. The average Bonchev–Trinajstić information content (AvgIpc) is 3.06. The summed E-state index contributed by atoms with van der Waals surface area (Å²) < 4.78 is 5.13. The zero-order valence-corrected chi connectivity index (χ0v) is 13.0. The number of aromatic hydroxyl groups is 1. The highest BCUT2D eigenvalue weighted by Gasteiger charge is 2.31. The number of methoxy groups -OCH3 is 1. The van der Waals surface area contributed by atoms with Crippen molar-refractivity contribution in [1.29, 1.82) is 0 Å². The van der Waals surface area contributed by atoms with Gasteiger partial charge in [-0.15, -0.1) is 0 Å². The fourth-order valence-electron chi connectivity index (χ4n) is 2.78. The SMILES string of the molecule is COc1cc(C)cc(C(=O)C2=NNCC2c2ccccc2)c1O. The number of nitrogens with one attached hydrogen (secondary N) is 1. The molecule has 5 heteroatoms. The Hall–Kier alpha value is -2.82. The van der Waals surface area contributed by atoms with E-state index in [0.717, 1.165) is 11.1 Å². The minimum atomic E-state index is -0.289. The number of ketones is 1. The van der Waals surface area contributed by atoms with E-state index >= 15 is 0 Å². The number of hydrazone groups is 1. The molecule has 0 saturated carbocycles. The molecule has 0 spiro atoms. The summed E-state index contributed by atoms with van der Waals surface area (Å²) in [6, 6.07) is 13.1. The molecule has 0 aliphatic carbocycles. The van der Waals surface area contributed by atoms with Gasteiger partial charge in [-0.2, -0.15) is 5.10 Å². The number of benzene rings is 2. The van der Waals surface area contributed by atoms with Crippen molar-refractivity contribution in [1.82, 2.24) is 5.43 Å². The predicted molar refractivity (Wildman–Crippen MR) is 88.3 cm³/mol. The Morgan fingerprint density at radius 2 is 2.04 bits per heavy atom. The van der Waals surface area contributed by atoms with Gasteiger partial charge in [-0.3, -0.25) is 4.79 Å². The maximum absolute atomic E-state index is 12.9. The van der Waals surface area contributed by atoms with E-state index in [4.69, 9.17) is 4.74 Å². The first-order valence-corrected chi connectivity index (χ1v) is 7.39. The first-order chi connectivity index (χ1) is 11.1. The number of carbonyl (C=O) groups excluding carboxylic acids is 1. The van der Waals surface area contributed by atoms with Crippen LogP contribution in [0.15, 0.2) is 47.6 Å². The average molecular weight is 310 g/mol. The van der Waals surface area contributed by atoms with Crippen LogP contribution in [0.3, 0.4) is 0 Å². The number of ether oxygens (including phenoxy) is 1. The van der Waals surface area contributed by atoms with Crippen LogP contribution in [0.1, 0.15) is 27.4 Å². The van der Waals surface area contributed by atoms with Crippen molar-refractivity contribution in [3.63, 3.8) is 0 Å². The third-order valence-corrected chi connectivity index (χ3v) is 3.94. The molecule has 0 aromatic heterocycles. The Morgan fingerprint density at radius 1 is 1.30 bits per heavy atom. The summed E-state index contributed by atoms with van der Waals surface area (Å²) >= 11 is 0. The molecule has 1 unspecified atom stereocenters. The van der Waals surface area contributed by atoms with Gasteiger partial charge >= 0.3 is 0 Å². The highest BCUT2D eigenvalue weighted by atomic mass is 16.5. The minimum Gasteiger partial charge on any atom is -0.504 e. The van der Waals surface area contributed by atoms with Crippen LogP contribution in [0, 0.1) is 6.92 Å². The third-order valence-electron chi connectivity index (χ3n) is 3.94. The highest BCUT2D eigenvalue weighted by Crippen LogP contribution is 2.33. The van der Waals surface area contributed by atoms with Crippen LogP contribution in [0.2, 0.25) is 0 Å². The number of nitrogens with zero attached hydrogens (tertiary/aromatic N) is 1. The van der Waals surface area contributed by atoms with Gasteiger partial charge in [-0.25, -0.2) is 0 Å². The lowest BCUT2D eigenvalue weighted by Gasteiger charge is -2.14. The minimum absolute atomic E-state index is 0.130. The van der Waals surface area contributed by atoms with Crippen LogP contribution in [-0.4, -0.2) is 30.3 Å². The number of carbonyl (C=O) groups is 1. The number of rotatable bonds is 4. The Balaban J connectivity index is 1.99. The third kappa shape index (κ3) is 2.77. The number of phenols is 1. The molecule has 0 radical (unpaired) electrons. The molecule has 0 amide bonds. The molecule has 118 valence electrons. The van der Waals surface area contributed by atoms with Crippen molar-refractivity contribution < 1.29 is 14.6 Å². The van der Waals surface area contributed by atoms with Gasteiger partial charge in [0, 0.05) is 6.54 Å². The molecule has 0 saturated heterocycles. The van der Waals surface area contributed by atoms with Crippen molar-refractivity contribution in [3.05, 3.63) is 59.2 Å². The molecule has 23 heavy (non-hydrogen) atoms. The van der Waals surface area contributed by atoms with E-state index in [1.165, 1.54) is 7.11 Å². The van der Waals surface area contributed by atoms with Gasteiger partial charge in [0.2, 0.25) is 5.78 Å². The molecule has 2 N–H and O–H groups in total. The first kappa shape index (κ1) is 15.1. The normalized spacial score (nSPS) is 16.6. The summed E-state index contributed by atoms with van der Waals surface area (Å²) in [6.45, 7) is 2.41. The van der Waals surface area contributed by atoms with E-state index in [-0.39, 0.29) is 28.8 Å². The topological polar surface area (TPSA) is 70.9 Å². The van der Waals surface area contributed by atoms with E-state index in [1.54, 1.807) is 12.1 Å². The van der Waals surface area contributed by atoms with Crippen molar-refractivity contribution in [3.8, 4) is 11.5 Å². The molecule has 3 rings (SSSR count). The monoisotopic (exact) mass is 310 g/mol. The lowest BCUT2D eigenvalue weighted by Crippen LogP contribution is -2.22. The summed E-state index contributed by atoms with van der Waals surface area (Å²) in [5.74, 6) is -0.279. The number of Topliss-reactive ketones (excluding diaryl/α,β-unsaturated/α-hetero) is 1.